The molecular formula is C13H18FNO3S. The lowest BCUT2D eigenvalue weighted by Gasteiger charge is -2.31. The first-order chi connectivity index (χ1) is 8.93. The van der Waals surface area contributed by atoms with Gasteiger partial charge in [0.15, 0.2) is 0 Å². The van der Waals surface area contributed by atoms with Gasteiger partial charge in [-0.05, 0) is 49.4 Å². The van der Waals surface area contributed by atoms with E-state index in [0.717, 1.165) is 18.9 Å². The van der Waals surface area contributed by atoms with E-state index in [-0.39, 0.29) is 17.4 Å². The van der Waals surface area contributed by atoms with Gasteiger partial charge in [-0.3, -0.25) is 0 Å². The predicted molar refractivity (Wildman–Crippen MR) is 69.7 cm³/mol. The van der Waals surface area contributed by atoms with Crippen molar-refractivity contribution < 1.29 is 17.9 Å². The number of benzene rings is 1. The summed E-state index contributed by atoms with van der Waals surface area (Å²) in [5.41, 5.74) is 0.578. The number of hydrogen-bond donors (Lipinski definition) is 1. The summed E-state index contributed by atoms with van der Waals surface area (Å²) in [7, 11) is -3.67. The quantitative estimate of drug-likeness (QED) is 0.917. The highest BCUT2D eigenvalue weighted by Crippen LogP contribution is 2.24. The summed E-state index contributed by atoms with van der Waals surface area (Å²) in [6.45, 7) is 2.37. The van der Waals surface area contributed by atoms with Gasteiger partial charge in [0.1, 0.15) is 5.82 Å². The molecule has 0 bridgehead atoms. The van der Waals surface area contributed by atoms with Gasteiger partial charge in [0.25, 0.3) is 0 Å². The van der Waals surface area contributed by atoms with Gasteiger partial charge < -0.3 is 5.11 Å². The molecule has 1 unspecified atom stereocenters. The highest BCUT2D eigenvalue weighted by atomic mass is 32.2. The topological polar surface area (TPSA) is 57.6 Å². The molecule has 106 valence electrons. The molecule has 2 rings (SSSR count). The van der Waals surface area contributed by atoms with E-state index in [9.17, 15) is 12.8 Å². The minimum absolute atomic E-state index is 0.0106. The second-order valence-electron chi connectivity index (χ2n) is 5.02. The number of piperidine rings is 1. The Labute approximate surface area is 112 Å². The van der Waals surface area contributed by atoms with E-state index in [1.165, 1.54) is 16.4 Å². The Morgan fingerprint density at radius 3 is 2.79 bits per heavy atom. The number of aliphatic hydroxyl groups excluding tert-OH is 1. The molecule has 0 radical (unpaired) electrons. The lowest BCUT2D eigenvalue weighted by Crippen LogP contribution is -2.40. The van der Waals surface area contributed by atoms with Crippen LogP contribution in [-0.2, 0) is 10.0 Å². The van der Waals surface area contributed by atoms with Crippen LogP contribution in [0.3, 0.4) is 0 Å². The van der Waals surface area contributed by atoms with Crippen LogP contribution in [0.2, 0.25) is 0 Å². The van der Waals surface area contributed by atoms with Gasteiger partial charge in [-0.15, -0.1) is 0 Å². The SMILES string of the molecule is Cc1cc(F)cc(S(=O)(=O)N2CCCC(CO)C2)c1. The molecule has 4 nitrogen and oxygen atoms in total. The van der Waals surface area contributed by atoms with E-state index < -0.39 is 15.8 Å². The Morgan fingerprint density at radius 1 is 1.42 bits per heavy atom. The Balaban J connectivity index is 2.31. The molecule has 1 aromatic rings. The largest absolute Gasteiger partial charge is 0.396 e. The highest BCUT2D eigenvalue weighted by molar-refractivity contribution is 7.89. The minimum atomic E-state index is -3.67. The van der Waals surface area contributed by atoms with Crippen molar-refractivity contribution in [2.45, 2.75) is 24.7 Å². The third-order valence-electron chi connectivity index (χ3n) is 3.39. The predicted octanol–water partition coefficient (Wildman–Crippen LogP) is 1.53. The fourth-order valence-electron chi connectivity index (χ4n) is 2.39. The summed E-state index contributed by atoms with van der Waals surface area (Å²) in [5, 5.41) is 9.15. The van der Waals surface area contributed by atoms with Crippen LogP contribution in [0.15, 0.2) is 23.1 Å². The second-order valence-corrected chi connectivity index (χ2v) is 6.96. The van der Waals surface area contributed by atoms with E-state index in [0.29, 0.717) is 18.7 Å². The third kappa shape index (κ3) is 3.13. The van der Waals surface area contributed by atoms with Gasteiger partial charge in [-0.2, -0.15) is 4.31 Å². The fourth-order valence-corrected chi connectivity index (χ4v) is 4.07. The van der Waals surface area contributed by atoms with Crippen molar-refractivity contribution in [1.29, 1.82) is 0 Å². The van der Waals surface area contributed by atoms with Gasteiger partial charge in [0, 0.05) is 19.7 Å². The van der Waals surface area contributed by atoms with Crippen LogP contribution in [0, 0.1) is 18.7 Å². The minimum Gasteiger partial charge on any atom is -0.396 e. The molecular weight excluding hydrogens is 269 g/mol. The molecule has 6 heteroatoms. The zero-order valence-electron chi connectivity index (χ0n) is 10.8. The van der Waals surface area contributed by atoms with Crippen molar-refractivity contribution in [3.8, 4) is 0 Å². The first-order valence-corrected chi connectivity index (χ1v) is 7.75. The Hall–Kier alpha value is -0.980. The average Bonchev–Trinajstić information content (AvgIpc) is 2.37. The molecule has 1 aliphatic rings. The number of aryl methyl sites for hydroxylation is 1. The summed E-state index contributed by atoms with van der Waals surface area (Å²) in [5.74, 6) is -0.576. The van der Waals surface area contributed by atoms with Crippen LogP contribution in [0.4, 0.5) is 4.39 Å². The first kappa shape index (κ1) is 14.4. The first-order valence-electron chi connectivity index (χ1n) is 6.31. The molecule has 0 saturated carbocycles. The van der Waals surface area contributed by atoms with Gasteiger partial charge in [0.2, 0.25) is 10.0 Å². The summed E-state index contributed by atoms with van der Waals surface area (Å²) < 4.78 is 39.5. The second kappa shape index (κ2) is 5.56. The standard InChI is InChI=1S/C13H18FNO3S/c1-10-5-12(14)7-13(6-10)19(17,18)15-4-2-3-11(8-15)9-16/h5-7,11,16H,2-4,8-9H2,1H3. The summed E-state index contributed by atoms with van der Waals surface area (Å²) in [4.78, 5) is -0.0106. The number of hydrogen-bond acceptors (Lipinski definition) is 3. The molecule has 1 atom stereocenters. The molecule has 19 heavy (non-hydrogen) atoms. The van der Waals surface area contributed by atoms with Gasteiger partial charge in [-0.1, -0.05) is 0 Å². The third-order valence-corrected chi connectivity index (χ3v) is 5.24. The van der Waals surface area contributed by atoms with Crippen LogP contribution in [0.1, 0.15) is 18.4 Å². The van der Waals surface area contributed by atoms with Gasteiger partial charge >= 0.3 is 0 Å². The summed E-state index contributed by atoms with van der Waals surface area (Å²) >= 11 is 0. The molecule has 0 spiro atoms. The maximum absolute atomic E-state index is 13.3. The molecule has 1 heterocycles. The smallest absolute Gasteiger partial charge is 0.243 e. The number of rotatable bonds is 3. The zero-order chi connectivity index (χ0) is 14.0. The molecule has 1 aliphatic heterocycles. The van der Waals surface area contributed by atoms with Crippen LogP contribution in [0.5, 0.6) is 0 Å². The highest BCUT2D eigenvalue weighted by Gasteiger charge is 2.30. The Morgan fingerprint density at radius 2 is 2.16 bits per heavy atom. The van der Waals surface area contributed by atoms with Crippen molar-refractivity contribution in [2.24, 2.45) is 5.92 Å². The van der Waals surface area contributed by atoms with Crippen molar-refractivity contribution in [3.05, 3.63) is 29.6 Å². The number of halogens is 1. The van der Waals surface area contributed by atoms with E-state index >= 15 is 0 Å². The lowest BCUT2D eigenvalue weighted by molar-refractivity contribution is 0.165. The van der Waals surface area contributed by atoms with Crippen molar-refractivity contribution in [1.82, 2.24) is 4.31 Å². The number of nitrogens with zero attached hydrogens (tertiary/aromatic N) is 1. The maximum Gasteiger partial charge on any atom is 0.243 e. The van der Waals surface area contributed by atoms with Gasteiger partial charge in [-0.25, -0.2) is 12.8 Å². The molecule has 1 saturated heterocycles. The van der Waals surface area contributed by atoms with Crippen molar-refractivity contribution >= 4 is 10.0 Å². The molecule has 1 N–H and O–H groups in total. The molecule has 1 aromatic carbocycles. The zero-order valence-corrected chi connectivity index (χ0v) is 11.7. The molecule has 0 aliphatic carbocycles. The van der Waals surface area contributed by atoms with Crippen LogP contribution >= 0.6 is 0 Å². The van der Waals surface area contributed by atoms with Crippen molar-refractivity contribution in [2.75, 3.05) is 19.7 Å². The van der Waals surface area contributed by atoms with Crippen molar-refractivity contribution in [3.63, 3.8) is 0 Å². The number of aliphatic hydroxyl groups is 1. The lowest BCUT2D eigenvalue weighted by atomic mass is 10.0. The van der Waals surface area contributed by atoms with Gasteiger partial charge in [0.05, 0.1) is 4.90 Å². The van der Waals surface area contributed by atoms with Crippen LogP contribution < -0.4 is 0 Å². The maximum atomic E-state index is 13.3. The van der Waals surface area contributed by atoms with E-state index in [4.69, 9.17) is 5.11 Å². The fraction of sp³-hybridized carbons (Fsp3) is 0.538. The van der Waals surface area contributed by atoms with E-state index in [2.05, 4.69) is 0 Å². The molecule has 0 amide bonds. The van der Waals surface area contributed by atoms with Crippen LogP contribution in [-0.4, -0.2) is 37.5 Å². The van der Waals surface area contributed by atoms with E-state index in [1.807, 2.05) is 0 Å². The van der Waals surface area contributed by atoms with Crippen LogP contribution in [0.25, 0.3) is 0 Å². The number of sulfonamides is 1. The monoisotopic (exact) mass is 287 g/mol. The summed E-state index contributed by atoms with van der Waals surface area (Å²) in [6.07, 6.45) is 1.55. The summed E-state index contributed by atoms with van der Waals surface area (Å²) in [6, 6.07) is 3.82. The normalized spacial score (nSPS) is 21.5. The molecule has 1 fully saturated rings. The van der Waals surface area contributed by atoms with E-state index in [1.54, 1.807) is 6.92 Å². The average molecular weight is 287 g/mol. The molecule has 0 aromatic heterocycles. The Kier molecular flexibility index (Phi) is 4.23. The Bertz CT molecular complexity index is 539.